The van der Waals surface area contributed by atoms with Crippen LogP contribution in [0, 0.1) is 0 Å². The fourth-order valence-electron chi connectivity index (χ4n) is 1.24. The van der Waals surface area contributed by atoms with Gasteiger partial charge in [-0.15, -0.1) is 0 Å². The van der Waals surface area contributed by atoms with Gasteiger partial charge in [-0.05, 0) is 6.07 Å². The number of hydrogen-bond acceptors (Lipinski definition) is 4. The van der Waals surface area contributed by atoms with Crippen molar-refractivity contribution in [2.24, 2.45) is 0 Å². The lowest BCUT2D eigenvalue weighted by Gasteiger charge is -2.07. The van der Waals surface area contributed by atoms with Crippen molar-refractivity contribution in [1.29, 1.82) is 0 Å². The molecule has 6 nitrogen and oxygen atoms in total. The molecule has 0 aromatic carbocycles. The summed E-state index contributed by atoms with van der Waals surface area (Å²) in [7, 11) is 1.57. The molecule has 0 aliphatic heterocycles. The Balaban J connectivity index is 2.55. The third-order valence-corrected chi connectivity index (χ3v) is 2.14. The molecule has 1 aromatic heterocycles. The Morgan fingerprint density at radius 3 is 2.76 bits per heavy atom. The molecular weight excluding hydrogens is 226 g/mol. The van der Waals surface area contributed by atoms with Crippen molar-refractivity contribution in [3.63, 3.8) is 0 Å². The quantitative estimate of drug-likeness (QED) is 0.690. The topological polar surface area (TPSA) is 77.8 Å². The van der Waals surface area contributed by atoms with Gasteiger partial charge in [0.1, 0.15) is 0 Å². The van der Waals surface area contributed by atoms with Crippen molar-refractivity contribution in [1.82, 2.24) is 4.57 Å². The van der Waals surface area contributed by atoms with Crippen molar-refractivity contribution in [3.8, 4) is 0 Å². The first kappa shape index (κ1) is 13.4. The van der Waals surface area contributed by atoms with Gasteiger partial charge in [-0.2, -0.15) is 0 Å². The number of methoxy groups -OCH3 is 1. The lowest BCUT2D eigenvalue weighted by molar-refractivity contribution is 0.0657. The average molecular weight is 241 g/mol. The molecule has 17 heavy (non-hydrogen) atoms. The molecule has 0 radical (unpaired) electrons. The molecule has 0 aliphatic carbocycles. The number of pyridine rings is 1. The molecular formula is C11H15NO5. The van der Waals surface area contributed by atoms with Gasteiger partial charge in [-0.1, -0.05) is 0 Å². The summed E-state index contributed by atoms with van der Waals surface area (Å²) in [5.74, 6) is -1.06. The summed E-state index contributed by atoms with van der Waals surface area (Å²) in [6.45, 7) is 1.60. The number of aromatic carboxylic acids is 1. The fourth-order valence-corrected chi connectivity index (χ4v) is 1.24. The van der Waals surface area contributed by atoms with Crippen LogP contribution >= 0.6 is 0 Å². The molecule has 94 valence electrons. The molecule has 0 aliphatic rings. The van der Waals surface area contributed by atoms with E-state index in [-0.39, 0.29) is 11.1 Å². The van der Waals surface area contributed by atoms with Gasteiger partial charge in [0.25, 0.3) is 5.56 Å². The zero-order valence-corrected chi connectivity index (χ0v) is 9.59. The first-order valence-electron chi connectivity index (χ1n) is 5.15. The van der Waals surface area contributed by atoms with Gasteiger partial charge in [0.15, 0.2) is 0 Å². The van der Waals surface area contributed by atoms with E-state index in [2.05, 4.69) is 0 Å². The van der Waals surface area contributed by atoms with Crippen LogP contribution < -0.4 is 5.56 Å². The summed E-state index contributed by atoms with van der Waals surface area (Å²) >= 11 is 0. The van der Waals surface area contributed by atoms with Gasteiger partial charge in [0, 0.05) is 25.9 Å². The number of nitrogens with zero attached hydrogens (tertiary/aromatic N) is 1. The molecule has 1 rings (SSSR count). The van der Waals surface area contributed by atoms with E-state index in [0.717, 1.165) is 0 Å². The molecule has 0 spiro atoms. The van der Waals surface area contributed by atoms with Gasteiger partial charge >= 0.3 is 5.97 Å². The molecule has 0 amide bonds. The van der Waals surface area contributed by atoms with E-state index in [4.69, 9.17) is 14.6 Å². The summed E-state index contributed by atoms with van der Waals surface area (Å²) < 4.78 is 11.3. The molecule has 0 unspecified atom stereocenters. The summed E-state index contributed by atoms with van der Waals surface area (Å²) in [6, 6.07) is 2.52. The van der Waals surface area contributed by atoms with Crippen LogP contribution in [0.4, 0.5) is 0 Å². The highest BCUT2D eigenvalue weighted by atomic mass is 16.5. The van der Waals surface area contributed by atoms with Crippen LogP contribution in [-0.2, 0) is 16.0 Å². The van der Waals surface area contributed by atoms with E-state index in [1.807, 2.05) is 0 Å². The van der Waals surface area contributed by atoms with E-state index >= 15 is 0 Å². The number of aromatic nitrogens is 1. The number of carboxylic acid groups (broad SMARTS) is 1. The van der Waals surface area contributed by atoms with Gasteiger partial charge in [0.05, 0.1) is 25.4 Å². The Morgan fingerprint density at radius 2 is 2.12 bits per heavy atom. The second-order valence-corrected chi connectivity index (χ2v) is 3.36. The van der Waals surface area contributed by atoms with Crippen LogP contribution in [0.5, 0.6) is 0 Å². The Morgan fingerprint density at radius 1 is 1.35 bits per heavy atom. The molecule has 1 heterocycles. The van der Waals surface area contributed by atoms with Gasteiger partial charge in [-0.3, -0.25) is 4.79 Å². The minimum Gasteiger partial charge on any atom is -0.478 e. The highest BCUT2D eigenvalue weighted by Crippen LogP contribution is 1.95. The number of hydrogen-bond donors (Lipinski definition) is 1. The SMILES string of the molecule is COCCOCCn1cc(C(=O)O)ccc1=O. The maximum absolute atomic E-state index is 11.4. The van der Waals surface area contributed by atoms with Crippen molar-refractivity contribution in [2.75, 3.05) is 26.9 Å². The Kier molecular flexibility index (Phi) is 5.38. The lowest BCUT2D eigenvalue weighted by Crippen LogP contribution is -2.22. The average Bonchev–Trinajstić information content (AvgIpc) is 2.30. The smallest absolute Gasteiger partial charge is 0.337 e. The number of carbonyl (C=O) groups is 1. The summed E-state index contributed by atoms with van der Waals surface area (Å²) in [5, 5.41) is 8.78. The molecule has 1 N–H and O–H groups in total. The van der Waals surface area contributed by atoms with Crippen molar-refractivity contribution in [2.45, 2.75) is 6.54 Å². The molecule has 0 bridgehead atoms. The minimum absolute atomic E-state index is 0.0847. The second-order valence-electron chi connectivity index (χ2n) is 3.36. The summed E-state index contributed by atoms with van der Waals surface area (Å²) in [4.78, 5) is 22.1. The maximum atomic E-state index is 11.4. The first-order valence-corrected chi connectivity index (χ1v) is 5.15. The van der Waals surface area contributed by atoms with E-state index in [1.165, 1.54) is 22.9 Å². The van der Waals surface area contributed by atoms with Gasteiger partial charge in [0.2, 0.25) is 0 Å². The van der Waals surface area contributed by atoms with E-state index < -0.39 is 5.97 Å². The Hall–Kier alpha value is -1.66. The highest BCUT2D eigenvalue weighted by Gasteiger charge is 2.04. The molecule has 0 saturated heterocycles. The van der Waals surface area contributed by atoms with Crippen LogP contribution in [0.25, 0.3) is 0 Å². The number of ether oxygens (including phenoxy) is 2. The molecule has 0 atom stereocenters. The predicted molar refractivity (Wildman–Crippen MR) is 60.4 cm³/mol. The second kappa shape index (κ2) is 6.82. The van der Waals surface area contributed by atoms with Crippen molar-refractivity contribution >= 4 is 5.97 Å². The third kappa shape index (κ3) is 4.38. The normalized spacial score (nSPS) is 10.4. The minimum atomic E-state index is -1.06. The fraction of sp³-hybridized carbons (Fsp3) is 0.455. The van der Waals surface area contributed by atoms with Crippen molar-refractivity contribution in [3.05, 3.63) is 34.2 Å². The molecule has 0 saturated carbocycles. The number of rotatable bonds is 7. The monoisotopic (exact) mass is 241 g/mol. The van der Waals surface area contributed by atoms with E-state index in [9.17, 15) is 9.59 Å². The lowest BCUT2D eigenvalue weighted by atomic mass is 10.3. The van der Waals surface area contributed by atoms with E-state index in [0.29, 0.717) is 26.4 Å². The largest absolute Gasteiger partial charge is 0.478 e. The van der Waals surface area contributed by atoms with Crippen LogP contribution in [0.2, 0.25) is 0 Å². The van der Waals surface area contributed by atoms with Gasteiger partial charge < -0.3 is 19.1 Å². The number of carboxylic acids is 1. The van der Waals surface area contributed by atoms with Crippen molar-refractivity contribution < 1.29 is 19.4 Å². The maximum Gasteiger partial charge on any atom is 0.337 e. The molecule has 1 aromatic rings. The van der Waals surface area contributed by atoms with Crippen LogP contribution in [0.15, 0.2) is 23.1 Å². The Bertz CT molecular complexity index is 426. The van der Waals surface area contributed by atoms with Gasteiger partial charge in [-0.25, -0.2) is 4.79 Å². The zero-order chi connectivity index (χ0) is 12.7. The predicted octanol–water partition coefficient (Wildman–Crippen LogP) is 0.209. The first-order chi connectivity index (χ1) is 8.15. The van der Waals surface area contributed by atoms with Crippen LogP contribution in [0.3, 0.4) is 0 Å². The highest BCUT2D eigenvalue weighted by molar-refractivity contribution is 5.87. The summed E-state index contributed by atoms with van der Waals surface area (Å²) in [6.07, 6.45) is 1.31. The third-order valence-electron chi connectivity index (χ3n) is 2.14. The van der Waals surface area contributed by atoms with Crippen LogP contribution in [0.1, 0.15) is 10.4 Å². The molecule has 6 heteroatoms. The zero-order valence-electron chi connectivity index (χ0n) is 9.59. The van der Waals surface area contributed by atoms with Crippen LogP contribution in [-0.4, -0.2) is 42.6 Å². The van der Waals surface area contributed by atoms with E-state index in [1.54, 1.807) is 7.11 Å². The molecule has 0 fully saturated rings. The Labute approximate surface area is 98.4 Å². The standard InChI is InChI=1S/C11H15NO5/c1-16-6-7-17-5-4-12-8-9(11(14)15)2-3-10(12)13/h2-3,8H,4-7H2,1H3,(H,14,15). The summed E-state index contributed by atoms with van der Waals surface area (Å²) in [5.41, 5.74) is -0.160.